The molecule has 3 rings (SSSR count). The molecule has 0 unspecified atom stereocenters. The number of hydrogen-bond acceptors (Lipinski definition) is 4. The Morgan fingerprint density at radius 3 is 2.74 bits per heavy atom. The molecule has 0 aliphatic heterocycles. The van der Waals surface area contributed by atoms with Gasteiger partial charge in [-0.2, -0.15) is 0 Å². The number of pyridine rings is 1. The average molecular weight is 312 g/mol. The molecule has 6 heteroatoms. The van der Waals surface area contributed by atoms with E-state index in [4.69, 9.17) is 4.74 Å². The molecule has 3 N–H and O–H groups in total. The lowest BCUT2D eigenvalue weighted by molar-refractivity contribution is 0.251. The van der Waals surface area contributed by atoms with Crippen molar-refractivity contribution in [3.05, 3.63) is 42.1 Å². The highest BCUT2D eigenvalue weighted by Crippen LogP contribution is 2.28. The number of nitrogens with one attached hydrogen (secondary N) is 3. The number of amides is 2. The van der Waals surface area contributed by atoms with Gasteiger partial charge in [-0.3, -0.25) is 0 Å². The molecular formula is C17H20N4O2. The van der Waals surface area contributed by atoms with E-state index in [-0.39, 0.29) is 6.03 Å². The number of carbonyl (C=O) groups excluding carboxylic acids is 1. The molecule has 1 aliphatic rings. The van der Waals surface area contributed by atoms with Crippen LogP contribution in [0.1, 0.15) is 18.4 Å². The van der Waals surface area contributed by atoms with Crippen LogP contribution in [-0.4, -0.2) is 24.2 Å². The van der Waals surface area contributed by atoms with Crippen molar-refractivity contribution in [2.45, 2.75) is 25.8 Å². The predicted octanol–water partition coefficient (Wildman–Crippen LogP) is 3.43. The van der Waals surface area contributed by atoms with Crippen molar-refractivity contribution in [1.29, 1.82) is 0 Å². The summed E-state index contributed by atoms with van der Waals surface area (Å²) >= 11 is 0. The van der Waals surface area contributed by atoms with Gasteiger partial charge in [-0.05, 0) is 49.6 Å². The summed E-state index contributed by atoms with van der Waals surface area (Å²) in [4.78, 5) is 16.0. The smallest absolute Gasteiger partial charge is 0.319 e. The highest BCUT2D eigenvalue weighted by atomic mass is 16.5. The van der Waals surface area contributed by atoms with Gasteiger partial charge in [-0.15, -0.1) is 0 Å². The number of aromatic nitrogens is 1. The van der Waals surface area contributed by atoms with Crippen molar-refractivity contribution in [2.75, 3.05) is 17.7 Å². The van der Waals surface area contributed by atoms with Gasteiger partial charge in [0.05, 0.1) is 24.7 Å². The molecule has 120 valence electrons. The molecule has 6 nitrogen and oxygen atoms in total. The minimum absolute atomic E-state index is 0.185. The molecule has 1 aromatic heterocycles. The second kappa shape index (κ2) is 6.56. The van der Waals surface area contributed by atoms with Crippen LogP contribution in [0.3, 0.4) is 0 Å². The topological polar surface area (TPSA) is 75.3 Å². The third kappa shape index (κ3) is 4.12. The lowest BCUT2D eigenvalue weighted by Crippen LogP contribution is -2.30. The Hall–Kier alpha value is -2.76. The van der Waals surface area contributed by atoms with E-state index in [1.54, 1.807) is 13.3 Å². The first-order valence-corrected chi connectivity index (χ1v) is 7.59. The van der Waals surface area contributed by atoms with Gasteiger partial charge in [0.15, 0.2) is 0 Å². The number of methoxy groups -OCH3 is 1. The zero-order valence-corrected chi connectivity index (χ0v) is 13.2. The molecule has 0 bridgehead atoms. The molecular weight excluding hydrogens is 292 g/mol. The van der Waals surface area contributed by atoms with E-state index in [1.807, 2.05) is 37.3 Å². The van der Waals surface area contributed by atoms with E-state index < -0.39 is 0 Å². The molecule has 1 fully saturated rings. The average Bonchev–Trinajstić information content (AvgIpc) is 3.33. The van der Waals surface area contributed by atoms with E-state index >= 15 is 0 Å². The molecule has 1 saturated carbocycles. The van der Waals surface area contributed by atoms with Crippen LogP contribution in [0, 0.1) is 6.92 Å². The fourth-order valence-corrected chi connectivity index (χ4v) is 2.18. The Bertz CT molecular complexity index is 696. The lowest BCUT2D eigenvalue weighted by Gasteiger charge is -2.12. The van der Waals surface area contributed by atoms with Crippen LogP contribution < -0.4 is 20.7 Å². The largest absolute Gasteiger partial charge is 0.495 e. The maximum atomic E-state index is 11.7. The van der Waals surface area contributed by atoms with Crippen LogP contribution in [-0.2, 0) is 0 Å². The van der Waals surface area contributed by atoms with Crippen LogP contribution >= 0.6 is 0 Å². The third-order valence-electron chi connectivity index (χ3n) is 3.55. The fourth-order valence-electron chi connectivity index (χ4n) is 2.18. The van der Waals surface area contributed by atoms with Gasteiger partial charge in [0.1, 0.15) is 11.6 Å². The molecule has 23 heavy (non-hydrogen) atoms. The van der Waals surface area contributed by atoms with Crippen molar-refractivity contribution in [1.82, 2.24) is 10.3 Å². The van der Waals surface area contributed by atoms with Gasteiger partial charge in [0.2, 0.25) is 0 Å². The molecule has 0 spiro atoms. The summed E-state index contributed by atoms with van der Waals surface area (Å²) in [7, 11) is 1.63. The monoisotopic (exact) mass is 312 g/mol. The van der Waals surface area contributed by atoms with Gasteiger partial charge in [-0.25, -0.2) is 9.78 Å². The maximum absolute atomic E-state index is 11.7. The summed E-state index contributed by atoms with van der Waals surface area (Å²) in [5, 5.41) is 8.86. The number of nitrogens with zero attached hydrogens (tertiary/aromatic N) is 1. The van der Waals surface area contributed by atoms with E-state index in [9.17, 15) is 4.79 Å². The molecule has 0 radical (unpaired) electrons. The van der Waals surface area contributed by atoms with E-state index in [1.165, 1.54) is 0 Å². The molecule has 1 aliphatic carbocycles. The molecule has 0 atom stereocenters. The Kier molecular flexibility index (Phi) is 4.32. The van der Waals surface area contributed by atoms with Crippen molar-refractivity contribution in [3.63, 3.8) is 0 Å². The van der Waals surface area contributed by atoms with Gasteiger partial charge < -0.3 is 20.7 Å². The SMILES string of the molecule is COc1ccc(C)cc1Nc1ccc(NC(=O)NC2CC2)cn1. The minimum atomic E-state index is -0.185. The second-order valence-electron chi connectivity index (χ2n) is 5.63. The van der Waals surface area contributed by atoms with Crippen LogP contribution in [0.25, 0.3) is 0 Å². The van der Waals surface area contributed by atoms with E-state index in [0.29, 0.717) is 17.5 Å². The van der Waals surface area contributed by atoms with Crippen molar-refractivity contribution >= 4 is 23.2 Å². The first-order chi connectivity index (χ1) is 11.1. The molecule has 2 aromatic rings. The van der Waals surface area contributed by atoms with Crippen molar-refractivity contribution in [3.8, 4) is 5.75 Å². The molecule has 0 saturated heterocycles. The van der Waals surface area contributed by atoms with Crippen LogP contribution in [0.4, 0.5) is 22.0 Å². The number of ether oxygens (including phenoxy) is 1. The maximum Gasteiger partial charge on any atom is 0.319 e. The van der Waals surface area contributed by atoms with Gasteiger partial charge in [-0.1, -0.05) is 6.07 Å². The quantitative estimate of drug-likeness (QED) is 0.790. The summed E-state index contributed by atoms with van der Waals surface area (Å²) in [6.07, 6.45) is 3.75. The van der Waals surface area contributed by atoms with Crippen molar-refractivity contribution < 1.29 is 9.53 Å². The van der Waals surface area contributed by atoms with Crippen LogP contribution in [0.2, 0.25) is 0 Å². The van der Waals surface area contributed by atoms with Crippen molar-refractivity contribution in [2.24, 2.45) is 0 Å². The highest BCUT2D eigenvalue weighted by molar-refractivity contribution is 5.89. The normalized spacial score (nSPS) is 13.3. The summed E-state index contributed by atoms with van der Waals surface area (Å²) in [6, 6.07) is 9.67. The second-order valence-corrected chi connectivity index (χ2v) is 5.63. The number of urea groups is 1. The number of anilines is 3. The number of benzene rings is 1. The van der Waals surface area contributed by atoms with E-state index in [0.717, 1.165) is 29.8 Å². The Balaban J connectivity index is 1.65. The standard InChI is InChI=1S/C17H20N4O2/c1-11-3-7-15(23-2)14(9-11)21-16-8-6-13(10-18-16)20-17(22)19-12-4-5-12/h3,6-10,12H,4-5H2,1-2H3,(H,18,21)(H2,19,20,22). The summed E-state index contributed by atoms with van der Waals surface area (Å²) < 4.78 is 5.34. The van der Waals surface area contributed by atoms with E-state index in [2.05, 4.69) is 20.9 Å². The number of carbonyl (C=O) groups is 1. The first-order valence-electron chi connectivity index (χ1n) is 7.59. The summed E-state index contributed by atoms with van der Waals surface area (Å²) in [5.41, 5.74) is 2.64. The minimum Gasteiger partial charge on any atom is -0.495 e. The number of hydrogen-bond donors (Lipinski definition) is 3. The highest BCUT2D eigenvalue weighted by Gasteiger charge is 2.23. The van der Waals surface area contributed by atoms with Crippen LogP contribution in [0.15, 0.2) is 36.5 Å². The number of rotatable bonds is 5. The first kappa shape index (κ1) is 15.1. The fraction of sp³-hybridized carbons (Fsp3) is 0.294. The molecule has 2 amide bonds. The Morgan fingerprint density at radius 1 is 1.26 bits per heavy atom. The molecule has 1 heterocycles. The van der Waals surface area contributed by atoms with Gasteiger partial charge in [0.25, 0.3) is 0 Å². The molecule has 1 aromatic carbocycles. The van der Waals surface area contributed by atoms with Crippen LogP contribution in [0.5, 0.6) is 5.75 Å². The van der Waals surface area contributed by atoms with Gasteiger partial charge in [0, 0.05) is 6.04 Å². The lowest BCUT2D eigenvalue weighted by atomic mass is 10.2. The third-order valence-corrected chi connectivity index (χ3v) is 3.55. The predicted molar refractivity (Wildman–Crippen MR) is 90.4 cm³/mol. The Labute approximate surface area is 135 Å². The zero-order valence-electron chi connectivity index (χ0n) is 13.2. The zero-order chi connectivity index (χ0) is 16.2. The summed E-state index contributed by atoms with van der Waals surface area (Å²) in [6.45, 7) is 2.02. The Morgan fingerprint density at radius 2 is 2.09 bits per heavy atom. The number of aryl methyl sites for hydroxylation is 1. The van der Waals surface area contributed by atoms with Gasteiger partial charge >= 0.3 is 6.03 Å². The summed E-state index contributed by atoms with van der Waals surface area (Å²) in [5.74, 6) is 1.44.